The van der Waals surface area contributed by atoms with Gasteiger partial charge in [0.2, 0.25) is 0 Å². The fourth-order valence-electron chi connectivity index (χ4n) is 0.468. The quantitative estimate of drug-likeness (QED) is 0.458. The van der Waals surface area contributed by atoms with Crippen LogP contribution in [0.5, 0.6) is 0 Å². The van der Waals surface area contributed by atoms with E-state index in [0.29, 0.717) is 13.2 Å². The predicted molar refractivity (Wildman–Crippen MR) is 51.3 cm³/mol. The van der Waals surface area contributed by atoms with Crippen molar-refractivity contribution in [1.29, 1.82) is 0 Å². The molecule has 74 valence electrons. The van der Waals surface area contributed by atoms with Crippen molar-refractivity contribution in [2.45, 2.75) is 27.7 Å². The van der Waals surface area contributed by atoms with Gasteiger partial charge in [-0.3, -0.25) is 0 Å². The molecule has 0 aliphatic rings. The fraction of sp³-hybridized carbons (Fsp3) is 1.00. The maximum absolute atomic E-state index is 11.2. The van der Waals surface area contributed by atoms with E-state index in [-0.39, 0.29) is 56.8 Å². The Kier molecular flexibility index (Phi) is 10.1. The van der Waals surface area contributed by atoms with E-state index < -0.39 is 6.72 Å². The standard InChI is InChI=1S/C7H17O3PS.K/c1-5-9-11(8,12)10-6-7(2,3)4;/h5-6H2,1-4H3,(H,8,12);/q;+1/p-1. The molecular weight excluding hydrogens is 234 g/mol. The minimum absolute atomic E-state index is 0. The summed E-state index contributed by atoms with van der Waals surface area (Å²) < 4.78 is 9.76. The first-order chi connectivity index (χ1) is 5.27. The summed E-state index contributed by atoms with van der Waals surface area (Å²) in [6.07, 6.45) is 0. The summed E-state index contributed by atoms with van der Waals surface area (Å²) in [6, 6.07) is 0. The summed E-state index contributed by atoms with van der Waals surface area (Å²) in [7, 11) is 0. The predicted octanol–water partition coefficient (Wildman–Crippen LogP) is -1.33. The van der Waals surface area contributed by atoms with E-state index in [0.717, 1.165) is 0 Å². The molecule has 0 aromatic heterocycles. The Morgan fingerprint density at radius 3 is 2.08 bits per heavy atom. The molecule has 0 spiro atoms. The zero-order valence-electron chi connectivity index (χ0n) is 8.99. The first-order valence-electron chi connectivity index (χ1n) is 3.87. The molecule has 0 bridgehead atoms. The molecule has 0 heterocycles. The van der Waals surface area contributed by atoms with Crippen molar-refractivity contribution in [2.75, 3.05) is 13.2 Å². The van der Waals surface area contributed by atoms with Gasteiger partial charge in [0.15, 0.2) is 0 Å². The SMILES string of the molecule is CCOP([O-])(=S)OCC(C)(C)C.[K+]. The van der Waals surface area contributed by atoms with Gasteiger partial charge in [0.05, 0.1) is 13.2 Å². The van der Waals surface area contributed by atoms with Gasteiger partial charge in [0.25, 0.3) is 0 Å². The first kappa shape index (κ1) is 17.6. The van der Waals surface area contributed by atoms with Crippen LogP contribution in [-0.2, 0) is 20.9 Å². The van der Waals surface area contributed by atoms with E-state index in [1.54, 1.807) is 6.92 Å². The van der Waals surface area contributed by atoms with Crippen molar-refractivity contribution >= 4 is 18.5 Å². The van der Waals surface area contributed by atoms with Gasteiger partial charge in [-0.2, -0.15) is 0 Å². The molecular formula is C7H16KO3PS. The summed E-state index contributed by atoms with van der Waals surface area (Å²) >= 11 is 4.62. The first-order valence-corrected chi connectivity index (χ1v) is 6.42. The van der Waals surface area contributed by atoms with Crippen molar-refractivity contribution < 1.29 is 65.3 Å². The fourth-order valence-corrected chi connectivity index (χ4v) is 1.88. The van der Waals surface area contributed by atoms with Gasteiger partial charge in [-0.15, -0.1) is 0 Å². The van der Waals surface area contributed by atoms with Crippen LogP contribution in [0.15, 0.2) is 0 Å². The zero-order chi connectivity index (χ0) is 9.83. The molecule has 13 heavy (non-hydrogen) atoms. The van der Waals surface area contributed by atoms with E-state index in [1.165, 1.54) is 0 Å². The molecule has 0 rings (SSSR count). The summed E-state index contributed by atoms with van der Waals surface area (Å²) in [5, 5.41) is 0. The third kappa shape index (κ3) is 12.1. The van der Waals surface area contributed by atoms with Crippen LogP contribution < -0.4 is 56.3 Å². The maximum Gasteiger partial charge on any atom is 1.00 e. The maximum atomic E-state index is 11.2. The van der Waals surface area contributed by atoms with Gasteiger partial charge < -0.3 is 13.9 Å². The Bertz CT molecular complexity index is 181. The van der Waals surface area contributed by atoms with Crippen LogP contribution in [0.1, 0.15) is 27.7 Å². The molecule has 0 aromatic carbocycles. The Labute approximate surface area is 128 Å². The van der Waals surface area contributed by atoms with Gasteiger partial charge in [-0.05, 0) is 12.3 Å². The third-order valence-corrected chi connectivity index (χ3v) is 2.60. The third-order valence-electron chi connectivity index (χ3n) is 0.943. The average molecular weight is 250 g/mol. The van der Waals surface area contributed by atoms with E-state index in [1.807, 2.05) is 20.8 Å². The second kappa shape index (κ2) is 7.44. The largest absolute Gasteiger partial charge is 1.00 e. The molecule has 0 radical (unpaired) electrons. The molecule has 1 unspecified atom stereocenters. The molecule has 1 atom stereocenters. The van der Waals surface area contributed by atoms with E-state index in [4.69, 9.17) is 9.05 Å². The number of hydrogen-bond acceptors (Lipinski definition) is 4. The van der Waals surface area contributed by atoms with Crippen molar-refractivity contribution in [3.63, 3.8) is 0 Å². The van der Waals surface area contributed by atoms with Gasteiger partial charge in [-0.1, -0.05) is 32.6 Å². The monoisotopic (exact) mass is 250 g/mol. The van der Waals surface area contributed by atoms with Crippen molar-refractivity contribution in [3.8, 4) is 0 Å². The minimum atomic E-state index is -3.21. The number of hydrogen-bond donors (Lipinski definition) is 0. The molecule has 0 aliphatic heterocycles. The summed E-state index contributed by atoms with van der Waals surface area (Å²) in [4.78, 5) is 11.2. The Morgan fingerprint density at radius 2 is 1.77 bits per heavy atom. The van der Waals surface area contributed by atoms with Crippen LogP contribution in [-0.4, -0.2) is 13.2 Å². The summed E-state index contributed by atoms with van der Waals surface area (Å²) in [5.41, 5.74) is -0.0361. The summed E-state index contributed by atoms with van der Waals surface area (Å²) in [5.74, 6) is 0. The minimum Gasteiger partial charge on any atom is -0.780 e. The Hall–Kier alpha value is 2.17. The number of rotatable bonds is 4. The van der Waals surface area contributed by atoms with Crippen LogP contribution in [0.4, 0.5) is 0 Å². The topological polar surface area (TPSA) is 41.5 Å². The molecule has 0 N–H and O–H groups in total. The Morgan fingerprint density at radius 1 is 1.31 bits per heavy atom. The second-order valence-electron chi connectivity index (χ2n) is 3.70. The smallest absolute Gasteiger partial charge is 0.780 e. The normalized spacial score (nSPS) is 16.1. The Balaban J connectivity index is 0. The molecule has 0 amide bonds. The van der Waals surface area contributed by atoms with Crippen LogP contribution in [0, 0.1) is 5.41 Å². The molecule has 3 nitrogen and oxygen atoms in total. The van der Waals surface area contributed by atoms with Crippen molar-refractivity contribution in [2.24, 2.45) is 5.41 Å². The van der Waals surface area contributed by atoms with Gasteiger partial charge in [0.1, 0.15) is 6.72 Å². The molecule has 0 aromatic rings. The van der Waals surface area contributed by atoms with E-state index in [9.17, 15) is 4.89 Å². The van der Waals surface area contributed by atoms with Gasteiger partial charge >= 0.3 is 51.4 Å². The van der Waals surface area contributed by atoms with Crippen LogP contribution in [0.2, 0.25) is 0 Å². The van der Waals surface area contributed by atoms with Crippen LogP contribution in [0.25, 0.3) is 0 Å². The molecule has 0 fully saturated rings. The molecule has 0 saturated carbocycles. The van der Waals surface area contributed by atoms with Crippen molar-refractivity contribution in [3.05, 3.63) is 0 Å². The van der Waals surface area contributed by atoms with Crippen molar-refractivity contribution in [1.82, 2.24) is 0 Å². The van der Waals surface area contributed by atoms with Gasteiger partial charge in [-0.25, -0.2) is 0 Å². The zero-order valence-corrected chi connectivity index (χ0v) is 13.8. The second-order valence-corrected chi connectivity index (χ2v) is 6.45. The average Bonchev–Trinajstić information content (AvgIpc) is 1.83. The van der Waals surface area contributed by atoms with Gasteiger partial charge in [0, 0.05) is 0 Å². The molecule has 6 heteroatoms. The molecule has 0 aliphatic carbocycles. The van der Waals surface area contributed by atoms with E-state index >= 15 is 0 Å². The van der Waals surface area contributed by atoms with Crippen LogP contribution >= 0.6 is 6.72 Å². The van der Waals surface area contributed by atoms with Crippen LogP contribution in [0.3, 0.4) is 0 Å². The van der Waals surface area contributed by atoms with E-state index in [2.05, 4.69) is 11.8 Å². The summed E-state index contributed by atoms with van der Waals surface area (Å²) in [6.45, 7) is 5.15. The molecule has 0 saturated heterocycles.